The Hall–Kier alpha value is -2.01. The van der Waals surface area contributed by atoms with Crippen LogP contribution in [0, 0.1) is 0 Å². The number of aromatic nitrogens is 2. The first-order valence-corrected chi connectivity index (χ1v) is 4.98. The van der Waals surface area contributed by atoms with E-state index < -0.39 is 0 Å². The van der Waals surface area contributed by atoms with E-state index >= 15 is 0 Å². The maximum Gasteiger partial charge on any atom is 0.189 e. The van der Waals surface area contributed by atoms with Crippen molar-refractivity contribution < 1.29 is 9.47 Å². The number of hydrogen-bond acceptors (Lipinski definition) is 4. The van der Waals surface area contributed by atoms with Gasteiger partial charge in [-0.1, -0.05) is 12.1 Å². The fraction of sp³-hybridized carbons (Fsp3) is 0.182. The lowest BCUT2D eigenvalue weighted by Crippen LogP contribution is -2.12. The highest BCUT2D eigenvalue weighted by atomic mass is 16.7. The number of fused-ring (bicyclic) bond motifs is 1. The van der Waals surface area contributed by atoms with E-state index in [4.69, 9.17) is 15.2 Å². The van der Waals surface area contributed by atoms with E-state index in [0.29, 0.717) is 19.2 Å². The van der Waals surface area contributed by atoms with E-state index in [9.17, 15) is 0 Å². The second-order valence-electron chi connectivity index (χ2n) is 3.60. The van der Waals surface area contributed by atoms with E-state index in [0.717, 1.165) is 22.6 Å². The Balaban J connectivity index is 2.13. The van der Waals surface area contributed by atoms with Crippen LogP contribution in [0.15, 0.2) is 24.3 Å². The quantitative estimate of drug-likeness (QED) is 0.759. The lowest BCUT2D eigenvalue weighted by molar-refractivity contribution is -0.0160. The smallest absolute Gasteiger partial charge is 0.189 e. The standard InChI is InChI=1S/C11H11N3O2/c12-11-4-9(13-14-11)7-2-1-3-10-8(7)5-15-6-16-10/h1-4H,5-6H2,(H3,12,13,14). The van der Waals surface area contributed by atoms with Crippen molar-refractivity contribution >= 4 is 5.82 Å². The predicted molar refractivity (Wildman–Crippen MR) is 58.7 cm³/mol. The number of benzene rings is 1. The van der Waals surface area contributed by atoms with Crippen LogP contribution in [0.25, 0.3) is 11.3 Å². The lowest BCUT2D eigenvalue weighted by Gasteiger charge is -2.19. The average molecular weight is 217 g/mol. The summed E-state index contributed by atoms with van der Waals surface area (Å²) in [5.41, 5.74) is 8.51. The molecule has 0 bridgehead atoms. The van der Waals surface area contributed by atoms with Crippen LogP contribution in [0.4, 0.5) is 5.82 Å². The van der Waals surface area contributed by atoms with Crippen LogP contribution < -0.4 is 10.5 Å². The summed E-state index contributed by atoms with van der Waals surface area (Å²) in [4.78, 5) is 0. The largest absolute Gasteiger partial charge is 0.467 e. The van der Waals surface area contributed by atoms with Gasteiger partial charge in [0.05, 0.1) is 12.3 Å². The highest BCUT2D eigenvalue weighted by Crippen LogP contribution is 2.32. The molecule has 1 aromatic heterocycles. The molecule has 0 saturated carbocycles. The monoisotopic (exact) mass is 217 g/mol. The molecule has 2 heterocycles. The first-order chi connectivity index (χ1) is 7.84. The normalized spacial score (nSPS) is 14.2. The molecule has 0 radical (unpaired) electrons. The van der Waals surface area contributed by atoms with Gasteiger partial charge in [0.1, 0.15) is 11.6 Å². The van der Waals surface area contributed by atoms with Crippen molar-refractivity contribution in [1.29, 1.82) is 0 Å². The summed E-state index contributed by atoms with van der Waals surface area (Å²) in [7, 11) is 0. The van der Waals surface area contributed by atoms with Crippen molar-refractivity contribution in [1.82, 2.24) is 10.2 Å². The number of nitrogens with zero attached hydrogens (tertiary/aromatic N) is 1. The first kappa shape index (κ1) is 9.23. The summed E-state index contributed by atoms with van der Waals surface area (Å²) in [6.45, 7) is 0.853. The molecule has 0 atom stereocenters. The summed E-state index contributed by atoms with van der Waals surface area (Å²) < 4.78 is 10.7. The zero-order chi connectivity index (χ0) is 11.0. The third-order valence-electron chi connectivity index (χ3n) is 2.57. The molecule has 0 aliphatic carbocycles. The molecule has 0 fully saturated rings. The molecule has 0 saturated heterocycles. The van der Waals surface area contributed by atoms with E-state index in [1.807, 2.05) is 18.2 Å². The fourth-order valence-electron chi connectivity index (χ4n) is 1.83. The number of ether oxygens (including phenoxy) is 2. The second kappa shape index (κ2) is 3.53. The highest BCUT2D eigenvalue weighted by Gasteiger charge is 2.16. The van der Waals surface area contributed by atoms with Crippen LogP contribution in [0.5, 0.6) is 5.75 Å². The van der Waals surface area contributed by atoms with Crippen LogP contribution in [-0.4, -0.2) is 17.0 Å². The van der Waals surface area contributed by atoms with Crippen LogP contribution in [0.2, 0.25) is 0 Å². The summed E-state index contributed by atoms with van der Waals surface area (Å²) in [6.07, 6.45) is 0. The predicted octanol–water partition coefficient (Wildman–Crippen LogP) is 1.53. The van der Waals surface area contributed by atoms with Gasteiger partial charge in [-0.3, -0.25) is 5.10 Å². The topological polar surface area (TPSA) is 73.2 Å². The molecule has 82 valence electrons. The molecule has 2 aromatic rings. The summed E-state index contributed by atoms with van der Waals surface area (Å²) in [5.74, 6) is 1.34. The number of nitrogen functional groups attached to an aromatic ring is 1. The number of rotatable bonds is 1. The molecule has 3 rings (SSSR count). The maximum absolute atomic E-state index is 5.59. The summed E-state index contributed by atoms with van der Waals surface area (Å²) >= 11 is 0. The average Bonchev–Trinajstić information content (AvgIpc) is 2.75. The minimum absolute atomic E-state index is 0.307. The Labute approximate surface area is 92.2 Å². The molecule has 1 aliphatic heterocycles. The number of H-pyrrole nitrogens is 1. The van der Waals surface area contributed by atoms with Gasteiger partial charge in [0.15, 0.2) is 6.79 Å². The molecule has 0 amide bonds. The minimum Gasteiger partial charge on any atom is -0.467 e. The minimum atomic E-state index is 0.307. The van der Waals surface area contributed by atoms with E-state index in [1.54, 1.807) is 6.07 Å². The Morgan fingerprint density at radius 1 is 1.38 bits per heavy atom. The van der Waals surface area contributed by atoms with Gasteiger partial charge in [-0.2, -0.15) is 5.10 Å². The molecule has 0 spiro atoms. The van der Waals surface area contributed by atoms with Gasteiger partial charge in [-0.05, 0) is 6.07 Å². The SMILES string of the molecule is Nc1cc(-c2cccc3c2COCO3)[nH]n1. The highest BCUT2D eigenvalue weighted by molar-refractivity contribution is 5.68. The van der Waals surface area contributed by atoms with Gasteiger partial charge in [0.25, 0.3) is 0 Å². The summed E-state index contributed by atoms with van der Waals surface area (Å²) in [5, 5.41) is 6.80. The van der Waals surface area contributed by atoms with Crippen molar-refractivity contribution in [2.75, 3.05) is 12.5 Å². The van der Waals surface area contributed by atoms with Crippen molar-refractivity contribution in [3.63, 3.8) is 0 Å². The third kappa shape index (κ3) is 1.42. The van der Waals surface area contributed by atoms with E-state index in [2.05, 4.69) is 10.2 Å². The third-order valence-corrected chi connectivity index (χ3v) is 2.57. The van der Waals surface area contributed by atoms with Crippen molar-refractivity contribution in [2.45, 2.75) is 6.61 Å². The number of nitrogens with two attached hydrogens (primary N) is 1. The zero-order valence-corrected chi connectivity index (χ0v) is 8.56. The van der Waals surface area contributed by atoms with Gasteiger partial charge in [0, 0.05) is 17.2 Å². The molecular formula is C11H11N3O2. The Morgan fingerprint density at radius 2 is 2.31 bits per heavy atom. The van der Waals surface area contributed by atoms with Gasteiger partial charge in [-0.15, -0.1) is 0 Å². The first-order valence-electron chi connectivity index (χ1n) is 4.98. The Bertz CT molecular complexity index is 522. The molecule has 0 unspecified atom stereocenters. The van der Waals surface area contributed by atoms with Crippen molar-refractivity contribution in [2.24, 2.45) is 0 Å². The van der Waals surface area contributed by atoms with Gasteiger partial charge >= 0.3 is 0 Å². The van der Waals surface area contributed by atoms with Gasteiger partial charge in [0.2, 0.25) is 0 Å². The van der Waals surface area contributed by atoms with Crippen molar-refractivity contribution in [3.8, 4) is 17.0 Å². The van der Waals surface area contributed by atoms with Gasteiger partial charge in [-0.25, -0.2) is 0 Å². The van der Waals surface area contributed by atoms with E-state index in [1.165, 1.54) is 0 Å². The van der Waals surface area contributed by atoms with Crippen LogP contribution in [0.3, 0.4) is 0 Å². The molecular weight excluding hydrogens is 206 g/mol. The molecule has 16 heavy (non-hydrogen) atoms. The maximum atomic E-state index is 5.59. The molecule has 3 N–H and O–H groups in total. The zero-order valence-electron chi connectivity index (χ0n) is 8.56. The Kier molecular flexibility index (Phi) is 2.04. The van der Waals surface area contributed by atoms with Crippen LogP contribution in [0.1, 0.15) is 5.56 Å². The molecule has 1 aliphatic rings. The summed E-state index contributed by atoms with van der Waals surface area (Å²) in [6, 6.07) is 7.66. The number of aromatic amines is 1. The van der Waals surface area contributed by atoms with Crippen LogP contribution in [-0.2, 0) is 11.3 Å². The van der Waals surface area contributed by atoms with Crippen molar-refractivity contribution in [3.05, 3.63) is 29.8 Å². The van der Waals surface area contributed by atoms with Crippen LogP contribution >= 0.6 is 0 Å². The Morgan fingerprint density at radius 3 is 3.12 bits per heavy atom. The lowest BCUT2D eigenvalue weighted by atomic mass is 10.0. The van der Waals surface area contributed by atoms with E-state index in [-0.39, 0.29) is 0 Å². The fourth-order valence-corrected chi connectivity index (χ4v) is 1.83. The number of anilines is 1. The second-order valence-corrected chi connectivity index (χ2v) is 3.60. The molecule has 5 heteroatoms. The molecule has 5 nitrogen and oxygen atoms in total. The molecule has 1 aromatic carbocycles. The number of nitrogens with one attached hydrogen (secondary N) is 1. The van der Waals surface area contributed by atoms with Gasteiger partial charge < -0.3 is 15.2 Å². The number of hydrogen-bond donors (Lipinski definition) is 2.